The minimum absolute atomic E-state index is 0.842. The van der Waals surface area contributed by atoms with Crippen molar-refractivity contribution in [2.24, 2.45) is 5.92 Å². The zero-order chi connectivity index (χ0) is 11.4. The van der Waals surface area contributed by atoms with Crippen molar-refractivity contribution in [1.82, 2.24) is 10.2 Å². The molecule has 1 saturated heterocycles. The van der Waals surface area contributed by atoms with Crippen molar-refractivity contribution in [2.75, 3.05) is 26.7 Å². The average molecular weight is 330 g/mol. The van der Waals surface area contributed by atoms with Crippen molar-refractivity contribution in [2.45, 2.75) is 13.0 Å². The van der Waals surface area contributed by atoms with Gasteiger partial charge in [0.05, 0.1) is 0 Å². The monoisotopic (exact) mass is 330 g/mol. The molecule has 0 aliphatic carbocycles. The van der Waals surface area contributed by atoms with Crippen LogP contribution >= 0.6 is 22.6 Å². The molecule has 88 valence electrons. The minimum atomic E-state index is 0.842. The van der Waals surface area contributed by atoms with Gasteiger partial charge in [-0.3, -0.25) is 0 Å². The average Bonchev–Trinajstić information content (AvgIpc) is 2.67. The lowest BCUT2D eigenvalue weighted by Gasteiger charge is -2.11. The number of nitrogens with zero attached hydrogens (tertiary/aromatic N) is 1. The fourth-order valence-electron chi connectivity index (χ4n) is 2.22. The Hall–Kier alpha value is -0.130. The molecule has 1 aromatic rings. The van der Waals surface area contributed by atoms with Gasteiger partial charge in [0.15, 0.2) is 0 Å². The van der Waals surface area contributed by atoms with Gasteiger partial charge in [0.25, 0.3) is 0 Å². The predicted octanol–water partition coefficient (Wildman–Crippen LogP) is 2.33. The first-order valence-electron chi connectivity index (χ1n) is 5.88. The van der Waals surface area contributed by atoms with E-state index in [0.717, 1.165) is 19.0 Å². The standard InChI is InChI=1S/C13H19IN2/c1-16-7-6-12(10-16)9-15-8-11-2-4-13(14)5-3-11/h2-5,12,15H,6-10H2,1H3. The number of nitrogens with one attached hydrogen (secondary N) is 1. The number of rotatable bonds is 4. The molecular formula is C13H19IN2. The van der Waals surface area contributed by atoms with Crippen molar-refractivity contribution in [3.8, 4) is 0 Å². The molecule has 0 spiro atoms. The minimum Gasteiger partial charge on any atom is -0.312 e. The van der Waals surface area contributed by atoms with Gasteiger partial charge in [-0.2, -0.15) is 0 Å². The highest BCUT2D eigenvalue weighted by atomic mass is 127. The van der Waals surface area contributed by atoms with Gasteiger partial charge in [-0.25, -0.2) is 0 Å². The maximum Gasteiger partial charge on any atom is 0.0205 e. The van der Waals surface area contributed by atoms with E-state index in [9.17, 15) is 0 Å². The Labute approximate surface area is 112 Å². The molecule has 1 fully saturated rings. The molecule has 0 aromatic heterocycles. The van der Waals surface area contributed by atoms with E-state index in [1.54, 1.807) is 0 Å². The van der Waals surface area contributed by atoms with Crippen LogP contribution in [-0.4, -0.2) is 31.6 Å². The molecule has 1 heterocycles. The van der Waals surface area contributed by atoms with Gasteiger partial charge in [-0.1, -0.05) is 12.1 Å². The second-order valence-electron chi connectivity index (χ2n) is 4.67. The van der Waals surface area contributed by atoms with E-state index in [4.69, 9.17) is 0 Å². The highest BCUT2D eigenvalue weighted by Gasteiger charge is 2.18. The molecule has 2 rings (SSSR count). The summed E-state index contributed by atoms with van der Waals surface area (Å²) in [4.78, 5) is 2.41. The Bertz CT molecular complexity index is 323. The number of hydrogen-bond acceptors (Lipinski definition) is 2. The van der Waals surface area contributed by atoms with Gasteiger partial charge < -0.3 is 10.2 Å². The second kappa shape index (κ2) is 5.98. The molecule has 1 unspecified atom stereocenters. The topological polar surface area (TPSA) is 15.3 Å². The molecule has 1 aliphatic rings. The molecular weight excluding hydrogens is 311 g/mol. The van der Waals surface area contributed by atoms with Crippen LogP contribution in [0.5, 0.6) is 0 Å². The first-order valence-corrected chi connectivity index (χ1v) is 6.95. The summed E-state index contributed by atoms with van der Waals surface area (Å²) in [6, 6.07) is 8.74. The zero-order valence-electron chi connectivity index (χ0n) is 9.75. The van der Waals surface area contributed by atoms with E-state index in [2.05, 4.69) is 64.1 Å². The summed E-state index contributed by atoms with van der Waals surface area (Å²) in [6.07, 6.45) is 1.34. The lowest BCUT2D eigenvalue weighted by molar-refractivity contribution is 0.388. The van der Waals surface area contributed by atoms with Crippen molar-refractivity contribution in [1.29, 1.82) is 0 Å². The van der Waals surface area contributed by atoms with Crippen LogP contribution in [0.3, 0.4) is 0 Å². The van der Waals surface area contributed by atoms with Gasteiger partial charge in [-0.05, 0) is 72.8 Å². The third-order valence-corrected chi connectivity index (χ3v) is 3.88. The summed E-state index contributed by atoms with van der Waals surface area (Å²) in [5.74, 6) is 0.842. The number of likely N-dealkylation sites (tertiary alicyclic amines) is 1. The summed E-state index contributed by atoms with van der Waals surface area (Å²) < 4.78 is 1.30. The molecule has 1 aliphatic heterocycles. The zero-order valence-corrected chi connectivity index (χ0v) is 11.9. The van der Waals surface area contributed by atoms with Crippen molar-refractivity contribution in [3.05, 3.63) is 33.4 Å². The summed E-state index contributed by atoms with van der Waals surface area (Å²) in [5.41, 5.74) is 1.38. The highest BCUT2D eigenvalue weighted by Crippen LogP contribution is 2.13. The Morgan fingerprint density at radius 1 is 1.38 bits per heavy atom. The molecule has 3 heteroatoms. The van der Waals surface area contributed by atoms with E-state index in [1.165, 1.54) is 28.6 Å². The fourth-order valence-corrected chi connectivity index (χ4v) is 2.58. The summed E-state index contributed by atoms with van der Waals surface area (Å²) >= 11 is 2.34. The molecule has 1 aromatic carbocycles. The van der Waals surface area contributed by atoms with Crippen molar-refractivity contribution >= 4 is 22.6 Å². The molecule has 0 amide bonds. The quantitative estimate of drug-likeness (QED) is 0.853. The van der Waals surface area contributed by atoms with Crippen LogP contribution < -0.4 is 5.32 Å². The Morgan fingerprint density at radius 2 is 2.12 bits per heavy atom. The molecule has 0 saturated carbocycles. The molecule has 16 heavy (non-hydrogen) atoms. The van der Waals surface area contributed by atoms with E-state index < -0.39 is 0 Å². The van der Waals surface area contributed by atoms with Crippen LogP contribution in [0.4, 0.5) is 0 Å². The molecule has 1 N–H and O–H groups in total. The maximum atomic E-state index is 3.55. The van der Waals surface area contributed by atoms with Gasteiger partial charge >= 0.3 is 0 Å². The lowest BCUT2D eigenvalue weighted by atomic mass is 10.1. The summed E-state index contributed by atoms with van der Waals surface area (Å²) in [5, 5.41) is 3.55. The van der Waals surface area contributed by atoms with E-state index in [-0.39, 0.29) is 0 Å². The lowest BCUT2D eigenvalue weighted by Crippen LogP contribution is -2.24. The van der Waals surface area contributed by atoms with Crippen LogP contribution in [-0.2, 0) is 6.54 Å². The van der Waals surface area contributed by atoms with Gasteiger partial charge in [0.2, 0.25) is 0 Å². The van der Waals surface area contributed by atoms with Crippen LogP contribution in [0.15, 0.2) is 24.3 Å². The molecule has 2 nitrogen and oxygen atoms in total. The summed E-state index contributed by atoms with van der Waals surface area (Å²) in [7, 11) is 2.21. The van der Waals surface area contributed by atoms with E-state index >= 15 is 0 Å². The molecule has 0 radical (unpaired) electrons. The predicted molar refractivity (Wildman–Crippen MR) is 76.5 cm³/mol. The molecule has 0 bridgehead atoms. The Kier molecular flexibility index (Phi) is 4.61. The Morgan fingerprint density at radius 3 is 2.75 bits per heavy atom. The van der Waals surface area contributed by atoms with Crippen LogP contribution in [0, 0.1) is 9.49 Å². The second-order valence-corrected chi connectivity index (χ2v) is 5.92. The van der Waals surface area contributed by atoms with Crippen LogP contribution in [0.2, 0.25) is 0 Å². The van der Waals surface area contributed by atoms with Crippen molar-refractivity contribution < 1.29 is 0 Å². The van der Waals surface area contributed by atoms with Gasteiger partial charge in [0, 0.05) is 16.7 Å². The third kappa shape index (κ3) is 3.71. The largest absolute Gasteiger partial charge is 0.312 e. The van der Waals surface area contributed by atoms with Gasteiger partial charge in [0.1, 0.15) is 0 Å². The van der Waals surface area contributed by atoms with Gasteiger partial charge in [-0.15, -0.1) is 0 Å². The van der Waals surface area contributed by atoms with E-state index in [1.807, 2.05) is 0 Å². The SMILES string of the molecule is CN1CCC(CNCc2ccc(I)cc2)C1. The van der Waals surface area contributed by atoms with Crippen LogP contribution in [0.25, 0.3) is 0 Å². The number of hydrogen-bond donors (Lipinski definition) is 1. The summed E-state index contributed by atoms with van der Waals surface area (Å²) in [6.45, 7) is 4.66. The highest BCUT2D eigenvalue weighted by molar-refractivity contribution is 14.1. The smallest absolute Gasteiger partial charge is 0.0205 e. The molecule has 1 atom stereocenters. The fraction of sp³-hybridized carbons (Fsp3) is 0.538. The van der Waals surface area contributed by atoms with E-state index in [0.29, 0.717) is 0 Å². The normalized spacial score (nSPS) is 21.5. The number of benzene rings is 1. The third-order valence-electron chi connectivity index (χ3n) is 3.16. The Balaban J connectivity index is 1.70. The first kappa shape index (κ1) is 12.3. The first-order chi connectivity index (χ1) is 7.74. The number of halogens is 1. The van der Waals surface area contributed by atoms with Crippen LogP contribution in [0.1, 0.15) is 12.0 Å². The van der Waals surface area contributed by atoms with Crippen molar-refractivity contribution in [3.63, 3.8) is 0 Å². The maximum absolute atomic E-state index is 3.55.